The van der Waals surface area contributed by atoms with Gasteiger partial charge in [0, 0.05) is 0 Å². The van der Waals surface area contributed by atoms with E-state index in [2.05, 4.69) is 10.3 Å². The fourth-order valence-corrected chi connectivity index (χ4v) is 2.60. The van der Waals surface area contributed by atoms with Crippen LogP contribution in [-0.4, -0.2) is 16.2 Å². The van der Waals surface area contributed by atoms with Crippen LogP contribution in [0.15, 0.2) is 64.5 Å². The summed E-state index contributed by atoms with van der Waals surface area (Å²) in [6.07, 6.45) is 1.86. The number of aromatic hydroxyl groups is 1. The zero-order chi connectivity index (χ0) is 14.7. The summed E-state index contributed by atoms with van der Waals surface area (Å²) in [5, 5.41) is 11.9. The first-order valence-electron chi connectivity index (χ1n) is 6.34. The third kappa shape index (κ3) is 3.32. The molecule has 1 amide bonds. The molecule has 0 atom stereocenters. The minimum absolute atomic E-state index is 0.144. The summed E-state index contributed by atoms with van der Waals surface area (Å²) >= 11 is 1.11. The number of rotatable bonds is 2. The summed E-state index contributed by atoms with van der Waals surface area (Å²) in [6.45, 7) is 0. The van der Waals surface area contributed by atoms with Crippen LogP contribution in [0.25, 0.3) is 6.08 Å². The molecule has 5 heteroatoms. The summed E-state index contributed by atoms with van der Waals surface area (Å²) in [5.41, 5.74) is 1.68. The molecule has 21 heavy (non-hydrogen) atoms. The highest BCUT2D eigenvalue weighted by Crippen LogP contribution is 2.28. The number of amides is 1. The zero-order valence-electron chi connectivity index (χ0n) is 11.0. The SMILES string of the molecule is O=C1NC(=Nc2ccccc2)/C(=C/c2ccc(O)cc2)S1. The monoisotopic (exact) mass is 296 g/mol. The van der Waals surface area contributed by atoms with Crippen molar-refractivity contribution in [1.29, 1.82) is 0 Å². The number of nitrogens with one attached hydrogen (secondary N) is 1. The van der Waals surface area contributed by atoms with Crippen molar-refractivity contribution in [3.8, 4) is 5.75 Å². The van der Waals surface area contributed by atoms with E-state index in [-0.39, 0.29) is 11.0 Å². The van der Waals surface area contributed by atoms with Crippen molar-refractivity contribution in [3.05, 3.63) is 65.1 Å². The van der Waals surface area contributed by atoms with Gasteiger partial charge in [0.2, 0.25) is 0 Å². The van der Waals surface area contributed by atoms with E-state index in [0.717, 1.165) is 27.9 Å². The Balaban J connectivity index is 1.94. The first-order valence-corrected chi connectivity index (χ1v) is 7.16. The second-order valence-corrected chi connectivity index (χ2v) is 5.43. The number of hydrogen-bond acceptors (Lipinski definition) is 4. The van der Waals surface area contributed by atoms with Gasteiger partial charge in [-0.15, -0.1) is 0 Å². The maximum absolute atomic E-state index is 11.6. The first-order chi connectivity index (χ1) is 10.2. The lowest BCUT2D eigenvalue weighted by Gasteiger charge is -2.00. The van der Waals surface area contributed by atoms with Crippen molar-refractivity contribution in [2.45, 2.75) is 0 Å². The average molecular weight is 296 g/mol. The molecule has 1 saturated heterocycles. The molecule has 2 aromatic rings. The Morgan fingerprint density at radius 1 is 1.05 bits per heavy atom. The molecule has 4 nitrogen and oxygen atoms in total. The van der Waals surface area contributed by atoms with Crippen LogP contribution < -0.4 is 5.32 Å². The smallest absolute Gasteiger partial charge is 0.289 e. The van der Waals surface area contributed by atoms with Crippen molar-refractivity contribution >= 4 is 34.6 Å². The van der Waals surface area contributed by atoms with Crippen LogP contribution in [0, 0.1) is 0 Å². The van der Waals surface area contributed by atoms with E-state index in [4.69, 9.17) is 0 Å². The second kappa shape index (κ2) is 5.85. The molecule has 1 fully saturated rings. The van der Waals surface area contributed by atoms with Gasteiger partial charge in [-0.1, -0.05) is 30.3 Å². The Bertz CT molecular complexity index is 722. The fourth-order valence-electron chi connectivity index (χ4n) is 1.87. The maximum Gasteiger partial charge on any atom is 0.289 e. The molecular formula is C16H12N2O2S. The molecule has 1 aliphatic heterocycles. The summed E-state index contributed by atoms with van der Waals surface area (Å²) in [6, 6.07) is 16.2. The Morgan fingerprint density at radius 2 is 1.76 bits per heavy atom. The number of benzene rings is 2. The number of carbonyl (C=O) groups excluding carboxylic acids is 1. The molecule has 1 aliphatic rings. The normalized spacial score (nSPS) is 18.2. The quantitative estimate of drug-likeness (QED) is 0.883. The molecular weight excluding hydrogens is 284 g/mol. The number of thioether (sulfide) groups is 1. The highest BCUT2D eigenvalue weighted by atomic mass is 32.2. The van der Waals surface area contributed by atoms with E-state index in [9.17, 15) is 9.90 Å². The third-order valence-electron chi connectivity index (χ3n) is 2.84. The van der Waals surface area contributed by atoms with Gasteiger partial charge < -0.3 is 10.4 Å². The fraction of sp³-hybridized carbons (Fsp3) is 0. The summed E-state index contributed by atoms with van der Waals surface area (Å²) in [4.78, 5) is 16.8. The second-order valence-electron chi connectivity index (χ2n) is 4.41. The molecule has 2 N–H and O–H groups in total. The van der Waals surface area contributed by atoms with E-state index in [1.54, 1.807) is 24.3 Å². The van der Waals surface area contributed by atoms with Crippen LogP contribution >= 0.6 is 11.8 Å². The summed E-state index contributed by atoms with van der Waals surface area (Å²) in [5.74, 6) is 0.757. The summed E-state index contributed by atoms with van der Waals surface area (Å²) in [7, 11) is 0. The molecule has 1 heterocycles. The Labute approximate surface area is 126 Å². The van der Waals surface area contributed by atoms with E-state index in [0.29, 0.717) is 5.84 Å². The van der Waals surface area contributed by atoms with E-state index >= 15 is 0 Å². The van der Waals surface area contributed by atoms with Gasteiger partial charge in [0.25, 0.3) is 5.24 Å². The molecule has 0 saturated carbocycles. The van der Waals surface area contributed by atoms with E-state index in [1.165, 1.54) is 0 Å². The number of amidine groups is 1. The molecule has 0 radical (unpaired) electrons. The molecule has 3 rings (SSSR count). The van der Waals surface area contributed by atoms with Crippen molar-refractivity contribution in [2.75, 3.05) is 0 Å². The van der Waals surface area contributed by atoms with Crippen LogP contribution in [0.2, 0.25) is 0 Å². The molecule has 2 aromatic carbocycles. The molecule has 0 aromatic heterocycles. The number of phenols is 1. The van der Waals surface area contributed by atoms with Gasteiger partial charge in [0.05, 0.1) is 10.6 Å². The molecule has 104 valence electrons. The molecule has 0 bridgehead atoms. The summed E-state index contributed by atoms with van der Waals surface area (Å²) < 4.78 is 0. The zero-order valence-corrected chi connectivity index (χ0v) is 11.8. The predicted molar refractivity (Wildman–Crippen MR) is 85.7 cm³/mol. The molecule has 0 unspecified atom stereocenters. The lowest BCUT2D eigenvalue weighted by Crippen LogP contribution is -2.18. The highest BCUT2D eigenvalue weighted by molar-refractivity contribution is 8.18. The molecule has 0 aliphatic carbocycles. The van der Waals surface area contributed by atoms with Crippen molar-refractivity contribution < 1.29 is 9.90 Å². The van der Waals surface area contributed by atoms with Gasteiger partial charge in [-0.2, -0.15) is 0 Å². The largest absolute Gasteiger partial charge is 0.508 e. The van der Waals surface area contributed by atoms with Gasteiger partial charge in [0.15, 0.2) is 0 Å². The van der Waals surface area contributed by atoms with Gasteiger partial charge in [-0.05, 0) is 47.7 Å². The Kier molecular flexibility index (Phi) is 3.75. The van der Waals surface area contributed by atoms with Gasteiger partial charge >= 0.3 is 0 Å². The van der Waals surface area contributed by atoms with Crippen LogP contribution in [0.3, 0.4) is 0 Å². The van der Waals surface area contributed by atoms with Gasteiger partial charge in [0.1, 0.15) is 11.6 Å². The number of phenolic OH excluding ortho intramolecular Hbond substituents is 1. The van der Waals surface area contributed by atoms with Crippen molar-refractivity contribution in [2.24, 2.45) is 4.99 Å². The van der Waals surface area contributed by atoms with Crippen molar-refractivity contribution in [3.63, 3.8) is 0 Å². The first kappa shape index (κ1) is 13.5. The number of para-hydroxylation sites is 1. The minimum Gasteiger partial charge on any atom is -0.508 e. The Hall–Kier alpha value is -2.53. The average Bonchev–Trinajstić information content (AvgIpc) is 2.82. The van der Waals surface area contributed by atoms with Gasteiger partial charge in [-0.3, -0.25) is 4.79 Å². The lowest BCUT2D eigenvalue weighted by molar-refractivity contribution is 0.265. The van der Waals surface area contributed by atoms with Crippen molar-refractivity contribution in [1.82, 2.24) is 5.32 Å². The van der Waals surface area contributed by atoms with E-state index < -0.39 is 0 Å². The number of aliphatic imine (C=N–C) groups is 1. The highest BCUT2D eigenvalue weighted by Gasteiger charge is 2.23. The van der Waals surface area contributed by atoms with Crippen LogP contribution in [0.1, 0.15) is 5.56 Å². The van der Waals surface area contributed by atoms with Gasteiger partial charge in [-0.25, -0.2) is 4.99 Å². The maximum atomic E-state index is 11.6. The number of carbonyl (C=O) groups is 1. The topological polar surface area (TPSA) is 61.7 Å². The van der Waals surface area contributed by atoms with Crippen LogP contribution in [0.4, 0.5) is 10.5 Å². The number of hydrogen-bond donors (Lipinski definition) is 2. The van der Waals surface area contributed by atoms with Crippen LogP contribution in [-0.2, 0) is 0 Å². The number of nitrogens with zero attached hydrogens (tertiary/aromatic N) is 1. The Morgan fingerprint density at radius 3 is 2.48 bits per heavy atom. The standard InChI is InChI=1S/C16H12N2O2S/c19-13-8-6-11(7-9-13)10-14-15(18-16(20)21-14)17-12-4-2-1-3-5-12/h1-10,19H,(H,17,18,20)/b14-10-. The predicted octanol–water partition coefficient (Wildman–Crippen LogP) is 3.92. The van der Waals surface area contributed by atoms with E-state index in [1.807, 2.05) is 36.4 Å². The third-order valence-corrected chi connectivity index (χ3v) is 3.66. The van der Waals surface area contributed by atoms with Crippen LogP contribution in [0.5, 0.6) is 5.75 Å². The molecule has 0 spiro atoms. The lowest BCUT2D eigenvalue weighted by atomic mass is 10.2. The minimum atomic E-state index is -0.144.